The minimum absolute atomic E-state index is 0.618. The first-order valence-corrected chi connectivity index (χ1v) is 7.75. The SMILES string of the molecule is CC(C)CNCc1ncoc1-c1cc(Br)ccc1Br. The molecule has 0 aliphatic carbocycles. The van der Waals surface area contributed by atoms with Gasteiger partial charge in [-0.1, -0.05) is 45.7 Å². The van der Waals surface area contributed by atoms with Crippen molar-refractivity contribution >= 4 is 31.9 Å². The highest BCUT2D eigenvalue weighted by Crippen LogP contribution is 2.32. The highest BCUT2D eigenvalue weighted by molar-refractivity contribution is 9.11. The number of rotatable bonds is 5. The van der Waals surface area contributed by atoms with Crippen LogP contribution in [0.1, 0.15) is 19.5 Å². The van der Waals surface area contributed by atoms with E-state index in [0.717, 1.165) is 32.5 Å². The van der Waals surface area contributed by atoms with E-state index in [9.17, 15) is 0 Å². The maximum atomic E-state index is 5.54. The number of hydrogen-bond acceptors (Lipinski definition) is 3. The number of benzene rings is 1. The Balaban J connectivity index is 2.21. The summed E-state index contributed by atoms with van der Waals surface area (Å²) in [5, 5.41) is 3.38. The molecule has 1 aromatic carbocycles. The van der Waals surface area contributed by atoms with E-state index in [-0.39, 0.29) is 0 Å². The summed E-state index contributed by atoms with van der Waals surface area (Å²) in [7, 11) is 0. The molecule has 0 saturated heterocycles. The number of hydrogen-bond donors (Lipinski definition) is 1. The zero-order valence-electron chi connectivity index (χ0n) is 10.9. The fourth-order valence-corrected chi connectivity index (χ4v) is 2.55. The molecule has 5 heteroatoms. The fourth-order valence-electron chi connectivity index (χ4n) is 1.76. The Morgan fingerprint density at radius 3 is 2.84 bits per heavy atom. The van der Waals surface area contributed by atoms with Crippen LogP contribution in [0.25, 0.3) is 11.3 Å². The van der Waals surface area contributed by atoms with Crippen LogP contribution >= 0.6 is 31.9 Å². The normalized spacial score (nSPS) is 11.2. The van der Waals surface area contributed by atoms with Crippen LogP contribution in [-0.2, 0) is 6.54 Å². The molecule has 1 aromatic heterocycles. The molecule has 0 radical (unpaired) electrons. The van der Waals surface area contributed by atoms with E-state index in [1.807, 2.05) is 18.2 Å². The lowest BCUT2D eigenvalue weighted by molar-refractivity contribution is 0.545. The molecule has 1 heterocycles. The zero-order valence-corrected chi connectivity index (χ0v) is 14.1. The Morgan fingerprint density at radius 1 is 1.32 bits per heavy atom. The first-order chi connectivity index (χ1) is 9.08. The highest BCUT2D eigenvalue weighted by Gasteiger charge is 2.14. The van der Waals surface area contributed by atoms with Crippen LogP contribution in [0.4, 0.5) is 0 Å². The summed E-state index contributed by atoms with van der Waals surface area (Å²) in [5.41, 5.74) is 1.94. The number of halogens is 2. The standard InChI is InChI=1S/C14H16Br2N2O/c1-9(2)6-17-7-13-14(19-8-18-13)11-5-10(15)3-4-12(11)16/h3-5,8-9,17H,6-7H2,1-2H3. The van der Waals surface area contributed by atoms with E-state index >= 15 is 0 Å². The summed E-state index contributed by atoms with van der Waals surface area (Å²) in [6, 6.07) is 6.00. The largest absolute Gasteiger partial charge is 0.443 e. The van der Waals surface area contributed by atoms with Crippen molar-refractivity contribution in [2.24, 2.45) is 5.92 Å². The average molecular weight is 388 g/mol. The van der Waals surface area contributed by atoms with Gasteiger partial charge in [-0.3, -0.25) is 0 Å². The molecule has 0 bridgehead atoms. The lowest BCUT2D eigenvalue weighted by Gasteiger charge is -2.07. The molecule has 19 heavy (non-hydrogen) atoms. The van der Waals surface area contributed by atoms with Crippen molar-refractivity contribution in [3.63, 3.8) is 0 Å². The maximum absolute atomic E-state index is 5.54. The number of oxazole rings is 1. The van der Waals surface area contributed by atoms with E-state index in [0.29, 0.717) is 12.5 Å². The van der Waals surface area contributed by atoms with Crippen LogP contribution in [0, 0.1) is 5.92 Å². The molecule has 2 rings (SSSR count). The molecule has 0 aliphatic rings. The first kappa shape index (κ1) is 14.8. The summed E-state index contributed by atoms with van der Waals surface area (Å²) < 4.78 is 7.56. The highest BCUT2D eigenvalue weighted by atomic mass is 79.9. The minimum Gasteiger partial charge on any atom is -0.443 e. The molecule has 2 aromatic rings. The van der Waals surface area contributed by atoms with E-state index in [4.69, 9.17) is 4.42 Å². The Kier molecular flexibility index (Phi) is 5.19. The predicted octanol–water partition coefficient (Wildman–Crippen LogP) is 4.61. The van der Waals surface area contributed by atoms with Gasteiger partial charge in [-0.25, -0.2) is 4.98 Å². The number of nitrogens with one attached hydrogen (secondary N) is 1. The van der Waals surface area contributed by atoms with Gasteiger partial charge in [0.2, 0.25) is 0 Å². The van der Waals surface area contributed by atoms with Crippen LogP contribution < -0.4 is 5.32 Å². The Morgan fingerprint density at radius 2 is 2.11 bits per heavy atom. The number of aromatic nitrogens is 1. The molecule has 0 amide bonds. The summed E-state index contributed by atoms with van der Waals surface area (Å²) >= 11 is 7.03. The van der Waals surface area contributed by atoms with Gasteiger partial charge in [0.25, 0.3) is 0 Å². The molecule has 1 N–H and O–H groups in total. The molecule has 0 spiro atoms. The molecule has 0 fully saturated rings. The summed E-state index contributed by atoms with van der Waals surface area (Å²) in [6.07, 6.45) is 1.50. The van der Waals surface area contributed by atoms with Gasteiger partial charge >= 0.3 is 0 Å². The smallest absolute Gasteiger partial charge is 0.181 e. The molecule has 3 nitrogen and oxygen atoms in total. The molecule has 0 saturated carbocycles. The third kappa shape index (κ3) is 3.91. The van der Waals surface area contributed by atoms with Crippen molar-refractivity contribution in [1.29, 1.82) is 0 Å². The van der Waals surface area contributed by atoms with E-state index < -0.39 is 0 Å². The third-order valence-electron chi connectivity index (χ3n) is 2.66. The van der Waals surface area contributed by atoms with Crippen molar-refractivity contribution in [2.75, 3.05) is 6.54 Å². The quantitative estimate of drug-likeness (QED) is 0.813. The fraction of sp³-hybridized carbons (Fsp3) is 0.357. The van der Waals surface area contributed by atoms with Gasteiger partial charge in [0.05, 0.1) is 0 Å². The minimum atomic E-state index is 0.618. The van der Waals surface area contributed by atoms with Gasteiger partial charge in [0, 0.05) is 21.1 Å². The molecular formula is C14H16Br2N2O. The molecule has 0 aliphatic heterocycles. The van der Waals surface area contributed by atoms with Gasteiger partial charge in [0.1, 0.15) is 5.69 Å². The van der Waals surface area contributed by atoms with Gasteiger partial charge in [-0.15, -0.1) is 0 Å². The van der Waals surface area contributed by atoms with Gasteiger partial charge < -0.3 is 9.73 Å². The molecule has 102 valence electrons. The first-order valence-electron chi connectivity index (χ1n) is 6.16. The van der Waals surface area contributed by atoms with E-state index in [1.54, 1.807) is 0 Å². The number of nitrogens with zero attached hydrogens (tertiary/aromatic N) is 1. The van der Waals surface area contributed by atoms with Gasteiger partial charge in [-0.05, 0) is 30.7 Å². The van der Waals surface area contributed by atoms with E-state index in [1.165, 1.54) is 6.39 Å². The zero-order chi connectivity index (χ0) is 13.8. The average Bonchev–Trinajstić information content (AvgIpc) is 2.80. The second-order valence-corrected chi connectivity index (χ2v) is 6.55. The Labute approximate surface area is 130 Å². The Hall–Kier alpha value is -0.650. The third-order valence-corrected chi connectivity index (χ3v) is 3.84. The maximum Gasteiger partial charge on any atom is 0.181 e. The van der Waals surface area contributed by atoms with Crippen LogP contribution in [-0.4, -0.2) is 11.5 Å². The van der Waals surface area contributed by atoms with Crippen molar-refractivity contribution in [3.05, 3.63) is 39.2 Å². The Bertz CT molecular complexity index is 552. The van der Waals surface area contributed by atoms with Crippen LogP contribution in [0.5, 0.6) is 0 Å². The van der Waals surface area contributed by atoms with Crippen LogP contribution in [0.15, 0.2) is 38.0 Å². The second-order valence-electron chi connectivity index (χ2n) is 4.78. The van der Waals surface area contributed by atoms with Crippen LogP contribution in [0.3, 0.4) is 0 Å². The van der Waals surface area contributed by atoms with Crippen molar-refractivity contribution in [1.82, 2.24) is 10.3 Å². The molecule has 0 atom stereocenters. The van der Waals surface area contributed by atoms with Crippen LogP contribution in [0.2, 0.25) is 0 Å². The van der Waals surface area contributed by atoms with Gasteiger partial charge in [-0.2, -0.15) is 0 Å². The summed E-state index contributed by atoms with van der Waals surface area (Å²) in [4.78, 5) is 4.29. The summed E-state index contributed by atoms with van der Waals surface area (Å²) in [6.45, 7) is 6.04. The molecular weight excluding hydrogens is 372 g/mol. The lowest BCUT2D eigenvalue weighted by Crippen LogP contribution is -2.19. The molecule has 0 unspecified atom stereocenters. The van der Waals surface area contributed by atoms with Gasteiger partial charge in [0.15, 0.2) is 12.2 Å². The topological polar surface area (TPSA) is 38.1 Å². The van der Waals surface area contributed by atoms with Crippen molar-refractivity contribution < 1.29 is 4.42 Å². The monoisotopic (exact) mass is 386 g/mol. The second kappa shape index (κ2) is 6.68. The lowest BCUT2D eigenvalue weighted by atomic mass is 10.1. The van der Waals surface area contributed by atoms with E-state index in [2.05, 4.69) is 56.0 Å². The van der Waals surface area contributed by atoms with Crippen molar-refractivity contribution in [3.8, 4) is 11.3 Å². The predicted molar refractivity (Wildman–Crippen MR) is 83.9 cm³/mol. The van der Waals surface area contributed by atoms with Crippen molar-refractivity contribution in [2.45, 2.75) is 20.4 Å². The summed E-state index contributed by atoms with van der Waals surface area (Å²) in [5.74, 6) is 1.43.